The van der Waals surface area contributed by atoms with Crippen molar-refractivity contribution >= 4 is 11.6 Å². The topological polar surface area (TPSA) is 60.5 Å². The summed E-state index contributed by atoms with van der Waals surface area (Å²) in [5.74, 6) is 2.52. The third kappa shape index (κ3) is 8.17. The van der Waals surface area contributed by atoms with Crippen LogP contribution in [0.1, 0.15) is 33.6 Å². The number of hydrogen-bond acceptors (Lipinski definition) is 6. The first-order valence-corrected chi connectivity index (χ1v) is 11.7. The van der Waals surface area contributed by atoms with E-state index in [0.717, 1.165) is 38.2 Å². The van der Waals surface area contributed by atoms with Gasteiger partial charge in [0.05, 0.1) is 26.5 Å². The Morgan fingerprint density at radius 1 is 0.818 bits per heavy atom. The number of amides is 1. The Bertz CT molecular complexity index is 837. The molecule has 33 heavy (non-hydrogen) atoms. The van der Waals surface area contributed by atoms with Gasteiger partial charge >= 0.3 is 0 Å². The normalized spacial score (nSPS) is 10.7. The molecule has 0 N–H and O–H groups in total. The van der Waals surface area contributed by atoms with Crippen molar-refractivity contribution in [1.29, 1.82) is 0 Å². The molecule has 7 heteroatoms. The van der Waals surface area contributed by atoms with Crippen LogP contribution in [0.15, 0.2) is 42.5 Å². The van der Waals surface area contributed by atoms with Gasteiger partial charge in [-0.2, -0.15) is 0 Å². The summed E-state index contributed by atoms with van der Waals surface area (Å²) in [6.45, 7) is 10.1. The van der Waals surface area contributed by atoms with Gasteiger partial charge in [0.1, 0.15) is 23.0 Å². The minimum Gasteiger partial charge on any atom is -0.497 e. The second kappa shape index (κ2) is 14.3. The van der Waals surface area contributed by atoms with Crippen molar-refractivity contribution in [2.45, 2.75) is 33.6 Å². The standard InChI is InChI=1S/C26H38N2O5/c1-6-9-18-32-21-10-12-22(13-11-21)33-20-26(29)28(17-16-27(7-2)8-3)24-15-14-23(30-4)19-25(24)31-5/h10-15,19H,6-9,16-18,20H2,1-5H3. The maximum Gasteiger partial charge on any atom is 0.265 e. The van der Waals surface area contributed by atoms with Gasteiger partial charge in [-0.15, -0.1) is 0 Å². The van der Waals surface area contributed by atoms with Crippen molar-refractivity contribution in [3.8, 4) is 23.0 Å². The maximum atomic E-state index is 13.2. The molecular weight excluding hydrogens is 420 g/mol. The van der Waals surface area contributed by atoms with Crippen LogP contribution < -0.4 is 23.8 Å². The van der Waals surface area contributed by atoms with E-state index in [0.29, 0.717) is 36.1 Å². The number of ether oxygens (including phenoxy) is 4. The van der Waals surface area contributed by atoms with Crippen LogP contribution in [-0.2, 0) is 4.79 Å². The highest BCUT2D eigenvalue weighted by Crippen LogP contribution is 2.32. The Labute approximate surface area is 198 Å². The van der Waals surface area contributed by atoms with E-state index in [1.165, 1.54) is 0 Å². The third-order valence-corrected chi connectivity index (χ3v) is 5.47. The number of unbranched alkanes of at least 4 members (excludes halogenated alkanes) is 1. The zero-order valence-electron chi connectivity index (χ0n) is 20.6. The van der Waals surface area contributed by atoms with E-state index in [-0.39, 0.29) is 12.5 Å². The highest BCUT2D eigenvalue weighted by Gasteiger charge is 2.21. The number of carbonyl (C=O) groups excluding carboxylic acids is 1. The molecule has 0 aromatic heterocycles. The van der Waals surface area contributed by atoms with Crippen molar-refractivity contribution in [1.82, 2.24) is 4.90 Å². The lowest BCUT2D eigenvalue weighted by Crippen LogP contribution is -2.41. The van der Waals surface area contributed by atoms with Crippen LogP contribution in [0.2, 0.25) is 0 Å². The van der Waals surface area contributed by atoms with Crippen LogP contribution in [0, 0.1) is 0 Å². The summed E-state index contributed by atoms with van der Waals surface area (Å²) in [5, 5.41) is 0. The Hall–Kier alpha value is -2.93. The molecule has 0 fully saturated rings. The number of methoxy groups -OCH3 is 2. The molecule has 2 rings (SSSR count). The second-order valence-electron chi connectivity index (χ2n) is 7.57. The van der Waals surface area contributed by atoms with E-state index in [2.05, 4.69) is 25.7 Å². The average molecular weight is 459 g/mol. The van der Waals surface area contributed by atoms with Gasteiger partial charge in [0.25, 0.3) is 5.91 Å². The summed E-state index contributed by atoms with van der Waals surface area (Å²) in [6.07, 6.45) is 2.11. The first-order chi connectivity index (χ1) is 16.1. The smallest absolute Gasteiger partial charge is 0.265 e. The van der Waals surface area contributed by atoms with Crippen molar-refractivity contribution in [2.75, 3.05) is 58.5 Å². The lowest BCUT2D eigenvalue weighted by atomic mass is 10.2. The lowest BCUT2D eigenvalue weighted by molar-refractivity contribution is -0.120. The summed E-state index contributed by atoms with van der Waals surface area (Å²) in [4.78, 5) is 17.2. The number of likely N-dealkylation sites (N-methyl/N-ethyl adjacent to an activating group) is 1. The molecule has 0 heterocycles. The van der Waals surface area contributed by atoms with Gasteiger partial charge in [-0.25, -0.2) is 0 Å². The molecule has 0 aliphatic heterocycles. The van der Waals surface area contributed by atoms with E-state index in [4.69, 9.17) is 18.9 Å². The number of benzene rings is 2. The zero-order chi connectivity index (χ0) is 24.1. The molecular formula is C26H38N2O5. The molecule has 0 aliphatic carbocycles. The van der Waals surface area contributed by atoms with Gasteiger partial charge in [0.15, 0.2) is 6.61 Å². The van der Waals surface area contributed by atoms with Crippen LogP contribution in [0.25, 0.3) is 0 Å². The molecule has 182 valence electrons. The van der Waals surface area contributed by atoms with Crippen molar-refractivity contribution < 1.29 is 23.7 Å². The van der Waals surface area contributed by atoms with Crippen LogP contribution in [0.5, 0.6) is 23.0 Å². The van der Waals surface area contributed by atoms with Crippen molar-refractivity contribution in [3.63, 3.8) is 0 Å². The van der Waals surface area contributed by atoms with Gasteiger partial charge in [0.2, 0.25) is 0 Å². The van der Waals surface area contributed by atoms with E-state index in [9.17, 15) is 4.79 Å². The number of anilines is 1. The van der Waals surface area contributed by atoms with E-state index in [1.807, 2.05) is 36.4 Å². The number of hydrogen-bond donors (Lipinski definition) is 0. The molecule has 0 saturated heterocycles. The van der Waals surface area contributed by atoms with Gasteiger partial charge in [-0.1, -0.05) is 27.2 Å². The van der Waals surface area contributed by atoms with Gasteiger partial charge < -0.3 is 28.7 Å². The molecule has 2 aromatic carbocycles. The Morgan fingerprint density at radius 3 is 2.03 bits per heavy atom. The Kier molecular flexibility index (Phi) is 11.4. The molecule has 0 radical (unpaired) electrons. The lowest BCUT2D eigenvalue weighted by Gasteiger charge is -2.28. The summed E-state index contributed by atoms with van der Waals surface area (Å²) < 4.78 is 22.3. The van der Waals surface area contributed by atoms with Crippen LogP contribution in [-0.4, -0.2) is 64.4 Å². The number of carbonyl (C=O) groups is 1. The highest BCUT2D eigenvalue weighted by atomic mass is 16.5. The van der Waals surface area contributed by atoms with E-state index < -0.39 is 0 Å². The first kappa shape index (κ1) is 26.3. The first-order valence-electron chi connectivity index (χ1n) is 11.7. The van der Waals surface area contributed by atoms with E-state index >= 15 is 0 Å². The maximum absolute atomic E-state index is 13.2. The summed E-state index contributed by atoms with van der Waals surface area (Å²) in [5.41, 5.74) is 0.693. The third-order valence-electron chi connectivity index (χ3n) is 5.47. The fraction of sp³-hybridized carbons (Fsp3) is 0.500. The molecule has 0 saturated carbocycles. The molecule has 0 bridgehead atoms. The van der Waals surface area contributed by atoms with Gasteiger partial charge in [-0.05, 0) is 55.9 Å². The Balaban J connectivity index is 2.11. The summed E-state index contributed by atoms with van der Waals surface area (Å²) in [7, 11) is 3.19. The van der Waals surface area contributed by atoms with Crippen molar-refractivity contribution in [3.05, 3.63) is 42.5 Å². The molecule has 0 spiro atoms. The minimum atomic E-state index is -0.145. The average Bonchev–Trinajstić information content (AvgIpc) is 2.86. The van der Waals surface area contributed by atoms with Crippen LogP contribution in [0.3, 0.4) is 0 Å². The van der Waals surface area contributed by atoms with Crippen LogP contribution in [0.4, 0.5) is 5.69 Å². The fourth-order valence-corrected chi connectivity index (χ4v) is 3.36. The summed E-state index contributed by atoms with van der Waals surface area (Å²) >= 11 is 0. The molecule has 7 nitrogen and oxygen atoms in total. The number of rotatable bonds is 15. The predicted molar refractivity (Wildman–Crippen MR) is 132 cm³/mol. The SMILES string of the molecule is CCCCOc1ccc(OCC(=O)N(CCN(CC)CC)c2ccc(OC)cc2OC)cc1. The van der Waals surface area contributed by atoms with E-state index in [1.54, 1.807) is 25.2 Å². The molecule has 1 amide bonds. The van der Waals surface area contributed by atoms with Gasteiger partial charge in [0, 0.05) is 19.2 Å². The highest BCUT2D eigenvalue weighted by molar-refractivity contribution is 5.96. The molecule has 2 aromatic rings. The molecule has 0 unspecified atom stereocenters. The largest absolute Gasteiger partial charge is 0.497 e. The monoisotopic (exact) mass is 458 g/mol. The number of nitrogens with zero attached hydrogens (tertiary/aromatic N) is 2. The second-order valence-corrected chi connectivity index (χ2v) is 7.57. The van der Waals surface area contributed by atoms with Gasteiger partial charge in [-0.3, -0.25) is 4.79 Å². The molecule has 0 atom stereocenters. The predicted octanol–water partition coefficient (Wildman–Crippen LogP) is 4.64. The zero-order valence-corrected chi connectivity index (χ0v) is 20.6. The fourth-order valence-electron chi connectivity index (χ4n) is 3.36. The summed E-state index contributed by atoms with van der Waals surface area (Å²) in [6, 6.07) is 12.8. The molecule has 0 aliphatic rings. The van der Waals surface area contributed by atoms with Crippen molar-refractivity contribution in [2.24, 2.45) is 0 Å². The minimum absolute atomic E-state index is 0.0799. The van der Waals surface area contributed by atoms with Crippen LogP contribution >= 0.6 is 0 Å². The Morgan fingerprint density at radius 2 is 1.45 bits per heavy atom. The quantitative estimate of drug-likeness (QED) is 0.363.